The summed E-state index contributed by atoms with van der Waals surface area (Å²) in [5.74, 6) is 0. The third-order valence-electron chi connectivity index (χ3n) is 0. The summed E-state index contributed by atoms with van der Waals surface area (Å²) in [4.78, 5) is 0. The van der Waals surface area contributed by atoms with Crippen LogP contribution in [0.3, 0.4) is 0 Å². The number of aliphatic hydroxyl groups excluding tert-OH is 2. The van der Waals surface area contributed by atoms with E-state index in [4.69, 9.17) is 10.2 Å². The minimum absolute atomic E-state index is 0. The summed E-state index contributed by atoms with van der Waals surface area (Å²) < 4.78 is 0. The third kappa shape index (κ3) is 3200. The summed E-state index contributed by atoms with van der Waals surface area (Å²) in [6.07, 6.45) is 1.50. The molecule has 0 aromatic carbocycles. The molecule has 0 unspecified atom stereocenters. The van der Waals surface area contributed by atoms with Gasteiger partial charge in [0.2, 0.25) is 0 Å². The second-order valence-electron chi connectivity index (χ2n) is 0.365. The molecular formula is C4H8O2Y. The zero-order valence-corrected chi connectivity index (χ0v) is 6.88. The summed E-state index contributed by atoms with van der Waals surface area (Å²) in [6.45, 7) is 5.83. The van der Waals surface area contributed by atoms with Crippen LogP contribution in [0.2, 0.25) is 0 Å². The van der Waals surface area contributed by atoms with Gasteiger partial charge >= 0.3 is 0 Å². The molecule has 2 N–H and O–H groups in total. The van der Waals surface area contributed by atoms with Crippen molar-refractivity contribution in [2.45, 2.75) is 0 Å². The van der Waals surface area contributed by atoms with Crippen LogP contribution in [-0.4, -0.2) is 10.2 Å². The van der Waals surface area contributed by atoms with Gasteiger partial charge in [0.1, 0.15) is 0 Å². The monoisotopic (exact) mass is 177 g/mol. The SMILES string of the molecule is C=CO.C=CO.[Y]. The number of aliphatic hydroxyl groups is 2. The molecule has 7 heavy (non-hydrogen) atoms. The first-order valence-electron chi connectivity index (χ1n) is 1.33. The van der Waals surface area contributed by atoms with E-state index in [0.29, 0.717) is 0 Å². The van der Waals surface area contributed by atoms with Gasteiger partial charge in [0, 0.05) is 32.7 Å². The van der Waals surface area contributed by atoms with Gasteiger partial charge in [-0.25, -0.2) is 0 Å². The summed E-state index contributed by atoms with van der Waals surface area (Å²) in [5.41, 5.74) is 0. The van der Waals surface area contributed by atoms with Crippen molar-refractivity contribution in [1.29, 1.82) is 0 Å². The van der Waals surface area contributed by atoms with Gasteiger partial charge in [0.15, 0.2) is 0 Å². The Labute approximate surface area is 68.4 Å². The van der Waals surface area contributed by atoms with E-state index in [1.165, 1.54) is 0 Å². The maximum Gasteiger partial charge on any atom is 0.0719 e. The van der Waals surface area contributed by atoms with Crippen molar-refractivity contribution < 1.29 is 42.9 Å². The average molecular weight is 177 g/mol. The van der Waals surface area contributed by atoms with Crippen LogP contribution in [0, 0.1) is 0 Å². The summed E-state index contributed by atoms with van der Waals surface area (Å²) in [5, 5.41) is 14.7. The van der Waals surface area contributed by atoms with Gasteiger partial charge in [-0.15, -0.1) is 0 Å². The molecule has 0 aliphatic rings. The van der Waals surface area contributed by atoms with Crippen molar-refractivity contribution in [2.75, 3.05) is 0 Å². The number of hydrogen-bond acceptors (Lipinski definition) is 2. The molecule has 39 valence electrons. The second-order valence-corrected chi connectivity index (χ2v) is 0.365. The molecular weight excluding hydrogens is 169 g/mol. The van der Waals surface area contributed by atoms with Gasteiger partial charge in [0.25, 0.3) is 0 Å². The Morgan fingerprint density at radius 1 is 1.00 bits per heavy atom. The molecule has 0 saturated heterocycles. The van der Waals surface area contributed by atoms with Gasteiger partial charge in [-0.1, -0.05) is 13.2 Å². The van der Waals surface area contributed by atoms with Gasteiger partial charge in [-0.3, -0.25) is 0 Å². The number of rotatable bonds is 0. The zero-order chi connectivity index (χ0) is 5.41. The van der Waals surface area contributed by atoms with Crippen molar-refractivity contribution in [3.63, 3.8) is 0 Å². The van der Waals surface area contributed by atoms with Crippen LogP contribution in [0.1, 0.15) is 0 Å². The molecule has 0 fully saturated rings. The Balaban J connectivity index is -0.0000000400. The van der Waals surface area contributed by atoms with Crippen molar-refractivity contribution in [1.82, 2.24) is 0 Å². The largest absolute Gasteiger partial charge is 0.516 e. The molecule has 0 bridgehead atoms. The first kappa shape index (κ1) is 15.7. The second kappa shape index (κ2) is 34.8. The van der Waals surface area contributed by atoms with E-state index < -0.39 is 0 Å². The van der Waals surface area contributed by atoms with Crippen LogP contribution in [0.25, 0.3) is 0 Å². The van der Waals surface area contributed by atoms with Crippen LogP contribution in [0.5, 0.6) is 0 Å². The van der Waals surface area contributed by atoms with Crippen molar-refractivity contribution in [3.8, 4) is 0 Å². The van der Waals surface area contributed by atoms with Gasteiger partial charge in [-0.05, 0) is 0 Å². The van der Waals surface area contributed by atoms with E-state index in [1.807, 2.05) is 0 Å². The molecule has 3 heteroatoms. The molecule has 0 atom stereocenters. The Bertz CT molecular complexity index is 30.7. The Morgan fingerprint density at radius 3 is 1.00 bits per heavy atom. The van der Waals surface area contributed by atoms with E-state index in [2.05, 4.69) is 13.2 Å². The van der Waals surface area contributed by atoms with Crippen LogP contribution in [0.4, 0.5) is 0 Å². The normalized spacial score (nSPS) is 3.43. The molecule has 0 spiro atoms. The van der Waals surface area contributed by atoms with Crippen molar-refractivity contribution in [3.05, 3.63) is 25.7 Å². The summed E-state index contributed by atoms with van der Waals surface area (Å²) in [6, 6.07) is 0. The quantitative estimate of drug-likeness (QED) is 0.548. The minimum atomic E-state index is 0. The fourth-order valence-electron chi connectivity index (χ4n) is 0. The molecule has 1 radical (unpaired) electrons. The fraction of sp³-hybridized carbons (Fsp3) is 0. The topological polar surface area (TPSA) is 40.5 Å². The van der Waals surface area contributed by atoms with Crippen LogP contribution in [0.15, 0.2) is 25.7 Å². The molecule has 0 aromatic heterocycles. The van der Waals surface area contributed by atoms with E-state index in [-0.39, 0.29) is 32.7 Å². The molecule has 0 aliphatic carbocycles. The van der Waals surface area contributed by atoms with Gasteiger partial charge in [-0.2, -0.15) is 0 Å². The van der Waals surface area contributed by atoms with Crippen molar-refractivity contribution >= 4 is 0 Å². The predicted molar refractivity (Wildman–Crippen MR) is 25.7 cm³/mol. The molecule has 0 rings (SSSR count). The molecule has 0 aliphatic heterocycles. The third-order valence-corrected chi connectivity index (χ3v) is 0. The molecule has 0 amide bonds. The van der Waals surface area contributed by atoms with Gasteiger partial charge in [0.05, 0.1) is 12.5 Å². The average Bonchev–Trinajstić information content (AvgIpc) is 1.39. The summed E-state index contributed by atoms with van der Waals surface area (Å²) >= 11 is 0. The van der Waals surface area contributed by atoms with E-state index in [9.17, 15) is 0 Å². The molecule has 2 nitrogen and oxygen atoms in total. The number of hydrogen-bond donors (Lipinski definition) is 2. The maximum atomic E-state index is 7.33. The van der Waals surface area contributed by atoms with Crippen molar-refractivity contribution in [2.24, 2.45) is 0 Å². The standard InChI is InChI=1S/2C2H4O.Y/c2*1-2-3;/h2*2-3H,1H2;. The van der Waals surface area contributed by atoms with Crippen LogP contribution in [-0.2, 0) is 32.7 Å². The van der Waals surface area contributed by atoms with Gasteiger partial charge < -0.3 is 10.2 Å². The Kier molecular flexibility index (Phi) is 78.1. The molecule has 0 heterocycles. The molecule has 0 aromatic rings. The Morgan fingerprint density at radius 2 is 1.00 bits per heavy atom. The fourth-order valence-corrected chi connectivity index (χ4v) is 0. The van der Waals surface area contributed by atoms with E-state index in [1.54, 1.807) is 0 Å². The smallest absolute Gasteiger partial charge is 0.0719 e. The van der Waals surface area contributed by atoms with Crippen LogP contribution < -0.4 is 0 Å². The van der Waals surface area contributed by atoms with E-state index in [0.717, 1.165) is 12.5 Å². The first-order chi connectivity index (χ1) is 2.83. The minimum Gasteiger partial charge on any atom is -0.516 e. The Hall–Kier alpha value is 0.184. The zero-order valence-electron chi connectivity index (χ0n) is 4.04. The maximum absolute atomic E-state index is 7.33. The summed E-state index contributed by atoms with van der Waals surface area (Å²) in [7, 11) is 0. The first-order valence-corrected chi connectivity index (χ1v) is 1.33. The molecule has 0 saturated carbocycles. The van der Waals surface area contributed by atoms with Crippen LogP contribution >= 0.6 is 0 Å². The predicted octanol–water partition coefficient (Wildman–Crippen LogP) is 1.37. The van der Waals surface area contributed by atoms with E-state index >= 15 is 0 Å².